The fraction of sp³-hybridized carbons (Fsp3) is 1.00. The first-order valence-corrected chi connectivity index (χ1v) is 8.64. The molecule has 0 radical (unpaired) electrons. The van der Waals surface area contributed by atoms with Crippen molar-refractivity contribution >= 4 is 15.2 Å². The number of hydrogen-bond donors (Lipinski definition) is 0. The standard InChI is InChI=1S/C9H20F2O6P2/c1-7(2)9(8(3)4,18(12,14-5)15-6)19(13,16-10)17-11/h7-8H,1-6H3. The van der Waals surface area contributed by atoms with Gasteiger partial charge in [-0.05, 0) is 20.9 Å². The molecule has 0 saturated heterocycles. The number of hydrogen-bond acceptors (Lipinski definition) is 6. The lowest BCUT2D eigenvalue weighted by molar-refractivity contribution is -0.0963. The first kappa shape index (κ1) is 19.2. The number of halogens is 2. The van der Waals surface area contributed by atoms with Gasteiger partial charge in [-0.1, -0.05) is 27.7 Å². The van der Waals surface area contributed by atoms with E-state index in [9.17, 15) is 18.2 Å². The summed E-state index contributed by atoms with van der Waals surface area (Å²) in [6, 6.07) is 0. The van der Waals surface area contributed by atoms with E-state index in [-0.39, 0.29) is 0 Å². The SMILES string of the molecule is COP(=O)(OC)C(C(C)C)(C(C)C)P(=O)(OF)OF. The molecule has 0 aromatic rings. The van der Waals surface area contributed by atoms with Gasteiger partial charge in [-0.3, -0.25) is 9.13 Å². The Labute approximate surface area is 111 Å². The van der Waals surface area contributed by atoms with Crippen molar-refractivity contribution in [2.45, 2.75) is 32.6 Å². The van der Waals surface area contributed by atoms with Crippen LogP contribution in [0.5, 0.6) is 0 Å². The van der Waals surface area contributed by atoms with Gasteiger partial charge in [0, 0.05) is 14.2 Å². The lowest BCUT2D eigenvalue weighted by atomic mass is 9.99. The molecule has 0 aliphatic carbocycles. The molecule has 0 fully saturated rings. The topological polar surface area (TPSA) is 71.1 Å². The largest absolute Gasteiger partial charge is 0.412 e. The highest BCUT2D eigenvalue weighted by Gasteiger charge is 2.70. The zero-order valence-corrected chi connectivity index (χ0v) is 13.5. The van der Waals surface area contributed by atoms with E-state index in [0.717, 1.165) is 14.2 Å². The van der Waals surface area contributed by atoms with E-state index in [4.69, 9.17) is 9.05 Å². The molecule has 0 aliphatic rings. The van der Waals surface area contributed by atoms with E-state index < -0.39 is 31.9 Å². The molecule has 0 aromatic heterocycles. The van der Waals surface area contributed by atoms with E-state index in [1.807, 2.05) is 0 Å². The first-order valence-electron chi connectivity index (χ1n) is 5.55. The van der Waals surface area contributed by atoms with Crippen LogP contribution in [-0.2, 0) is 27.6 Å². The van der Waals surface area contributed by atoms with Crippen LogP contribution in [0.15, 0.2) is 0 Å². The molecule has 0 N–H and O–H groups in total. The van der Waals surface area contributed by atoms with Crippen molar-refractivity contribution in [3.05, 3.63) is 0 Å². The number of rotatable bonds is 8. The summed E-state index contributed by atoms with van der Waals surface area (Å²) in [4.78, 5) is -2.12. The van der Waals surface area contributed by atoms with Crippen molar-refractivity contribution in [2.75, 3.05) is 14.2 Å². The summed E-state index contributed by atoms with van der Waals surface area (Å²) in [7, 11) is -7.15. The average molecular weight is 324 g/mol. The van der Waals surface area contributed by atoms with Gasteiger partial charge in [0.15, 0.2) is 4.90 Å². The predicted octanol–water partition coefficient (Wildman–Crippen LogP) is 4.48. The summed E-state index contributed by atoms with van der Waals surface area (Å²) in [6.45, 7) is 5.87. The Balaban J connectivity index is 6.47. The summed E-state index contributed by atoms with van der Waals surface area (Å²) in [5.41, 5.74) is 0. The second-order valence-corrected chi connectivity index (χ2v) is 9.42. The fourth-order valence-corrected chi connectivity index (χ4v) is 7.95. The van der Waals surface area contributed by atoms with Gasteiger partial charge in [-0.2, -0.15) is 0 Å². The van der Waals surface area contributed by atoms with Gasteiger partial charge in [0.1, 0.15) is 0 Å². The monoisotopic (exact) mass is 324 g/mol. The first-order chi connectivity index (χ1) is 8.63. The van der Waals surface area contributed by atoms with Crippen molar-refractivity contribution in [1.29, 1.82) is 0 Å². The molecule has 0 rings (SSSR count). The minimum Gasteiger partial charge on any atom is -0.311 e. The van der Waals surface area contributed by atoms with E-state index in [1.54, 1.807) is 0 Å². The summed E-state index contributed by atoms with van der Waals surface area (Å²) in [6.07, 6.45) is 0. The Morgan fingerprint density at radius 2 is 1.16 bits per heavy atom. The molecule has 116 valence electrons. The maximum Gasteiger partial charge on any atom is 0.412 e. The second-order valence-electron chi connectivity index (χ2n) is 4.59. The Bertz CT molecular complexity index is 335. The molecular formula is C9H20F2O6P2. The normalized spacial score (nSPS) is 14.4. The summed E-state index contributed by atoms with van der Waals surface area (Å²) in [5.74, 6) is -1.56. The zero-order chi connectivity index (χ0) is 15.5. The van der Waals surface area contributed by atoms with Crippen LogP contribution in [0.3, 0.4) is 0 Å². The van der Waals surface area contributed by atoms with Crippen LogP contribution < -0.4 is 0 Å². The van der Waals surface area contributed by atoms with Crippen molar-refractivity contribution in [2.24, 2.45) is 11.8 Å². The quantitative estimate of drug-likeness (QED) is 0.613. The molecule has 0 atom stereocenters. The molecule has 0 unspecified atom stereocenters. The third-order valence-corrected chi connectivity index (χ3v) is 9.85. The van der Waals surface area contributed by atoms with Gasteiger partial charge in [-0.15, -0.1) is 9.46 Å². The van der Waals surface area contributed by atoms with Crippen molar-refractivity contribution in [3.8, 4) is 0 Å². The smallest absolute Gasteiger partial charge is 0.311 e. The molecule has 0 aromatic carbocycles. The molecule has 0 saturated carbocycles. The molecule has 0 heterocycles. The molecule has 0 amide bonds. The average Bonchev–Trinajstić information content (AvgIpc) is 2.37. The maximum absolute atomic E-state index is 12.7. The van der Waals surface area contributed by atoms with Crippen LogP contribution in [0.1, 0.15) is 27.7 Å². The predicted molar refractivity (Wildman–Crippen MR) is 66.0 cm³/mol. The molecule has 19 heavy (non-hydrogen) atoms. The van der Waals surface area contributed by atoms with Gasteiger partial charge < -0.3 is 9.05 Å². The Kier molecular flexibility index (Phi) is 6.80. The van der Waals surface area contributed by atoms with Crippen LogP contribution in [0.25, 0.3) is 0 Å². The second kappa shape index (κ2) is 6.74. The van der Waals surface area contributed by atoms with Gasteiger partial charge in [0.25, 0.3) is 0 Å². The Morgan fingerprint density at radius 1 is 0.842 bits per heavy atom. The van der Waals surface area contributed by atoms with Crippen molar-refractivity contribution in [3.63, 3.8) is 0 Å². The summed E-state index contributed by atoms with van der Waals surface area (Å²) in [5, 5.41) is 0. The van der Waals surface area contributed by atoms with Crippen molar-refractivity contribution < 1.29 is 36.7 Å². The van der Waals surface area contributed by atoms with E-state index in [1.165, 1.54) is 27.7 Å². The molecule has 0 bridgehead atoms. The van der Waals surface area contributed by atoms with Gasteiger partial charge in [-0.25, -0.2) is 0 Å². The third-order valence-electron chi connectivity index (χ3n) is 3.24. The summed E-state index contributed by atoms with van der Waals surface area (Å²) < 4.78 is 66.5. The van der Waals surface area contributed by atoms with Gasteiger partial charge in [0.05, 0.1) is 0 Å². The highest BCUT2D eigenvalue weighted by molar-refractivity contribution is 7.74. The fourth-order valence-electron chi connectivity index (χ4n) is 2.57. The highest BCUT2D eigenvalue weighted by atomic mass is 31.2. The van der Waals surface area contributed by atoms with Crippen LogP contribution >= 0.6 is 15.2 Å². The van der Waals surface area contributed by atoms with Crippen LogP contribution in [0.4, 0.5) is 9.05 Å². The molecule has 0 spiro atoms. The molecule has 10 heteroatoms. The van der Waals surface area contributed by atoms with Crippen molar-refractivity contribution in [1.82, 2.24) is 0 Å². The third kappa shape index (κ3) is 2.67. The molecule has 6 nitrogen and oxygen atoms in total. The van der Waals surface area contributed by atoms with E-state index in [2.05, 4.69) is 9.46 Å². The van der Waals surface area contributed by atoms with Gasteiger partial charge in [0.2, 0.25) is 0 Å². The van der Waals surface area contributed by atoms with Crippen LogP contribution in [-0.4, -0.2) is 19.1 Å². The lowest BCUT2D eigenvalue weighted by Gasteiger charge is -2.44. The zero-order valence-electron chi connectivity index (χ0n) is 11.8. The minimum absolute atomic E-state index is 0.782. The Hall–Kier alpha value is 0.160. The van der Waals surface area contributed by atoms with Crippen LogP contribution in [0, 0.1) is 11.8 Å². The summed E-state index contributed by atoms with van der Waals surface area (Å²) >= 11 is 0. The van der Waals surface area contributed by atoms with Gasteiger partial charge >= 0.3 is 15.2 Å². The highest BCUT2D eigenvalue weighted by Crippen LogP contribution is 2.82. The van der Waals surface area contributed by atoms with Crippen LogP contribution in [0.2, 0.25) is 0 Å². The molecule has 0 aliphatic heterocycles. The minimum atomic E-state index is -5.04. The van der Waals surface area contributed by atoms with E-state index >= 15 is 0 Å². The lowest BCUT2D eigenvalue weighted by Crippen LogP contribution is -2.41. The maximum atomic E-state index is 12.7. The van der Waals surface area contributed by atoms with E-state index in [0.29, 0.717) is 0 Å². The Morgan fingerprint density at radius 3 is 1.32 bits per heavy atom. The molecular weight excluding hydrogens is 304 g/mol.